The molecule has 1 N–H and O–H groups in total. The fraction of sp³-hybridized carbons (Fsp3) is 0.278. The van der Waals surface area contributed by atoms with E-state index in [1.54, 1.807) is 35.4 Å². The number of aromatic nitrogens is 1. The number of pyridine rings is 1. The molecule has 0 unspecified atom stereocenters. The molecular formula is C18H17N3O5. The van der Waals surface area contributed by atoms with Crippen LogP contribution in [0.25, 0.3) is 0 Å². The minimum atomic E-state index is -1.01. The summed E-state index contributed by atoms with van der Waals surface area (Å²) >= 11 is 0. The van der Waals surface area contributed by atoms with Crippen LogP contribution in [0.2, 0.25) is 0 Å². The van der Waals surface area contributed by atoms with Gasteiger partial charge in [-0.15, -0.1) is 0 Å². The molecule has 0 aliphatic carbocycles. The van der Waals surface area contributed by atoms with Crippen molar-refractivity contribution < 1.29 is 24.2 Å². The standard InChI is InChI=1S/C18H17N3O5/c22-17(12-3-4-14-15(10-12)26-11-25-14)21-8-6-20(7-9-21)16-13(18(23)24)2-1-5-19-16/h1-5,10H,6-9,11H2,(H,23,24). The summed E-state index contributed by atoms with van der Waals surface area (Å²) in [6.07, 6.45) is 1.58. The topological polar surface area (TPSA) is 92.2 Å². The number of aromatic carboxylic acids is 1. The Bertz CT molecular complexity index is 862. The van der Waals surface area contributed by atoms with Crippen LogP contribution < -0.4 is 14.4 Å². The number of ether oxygens (including phenoxy) is 2. The molecule has 2 aliphatic heterocycles. The number of fused-ring (bicyclic) bond motifs is 1. The number of hydrogen-bond donors (Lipinski definition) is 1. The highest BCUT2D eigenvalue weighted by molar-refractivity contribution is 5.95. The first-order valence-corrected chi connectivity index (χ1v) is 8.25. The molecule has 0 saturated carbocycles. The monoisotopic (exact) mass is 355 g/mol. The van der Waals surface area contributed by atoms with E-state index in [1.807, 2.05) is 4.90 Å². The highest BCUT2D eigenvalue weighted by atomic mass is 16.7. The van der Waals surface area contributed by atoms with Crippen molar-refractivity contribution in [3.63, 3.8) is 0 Å². The van der Waals surface area contributed by atoms with Gasteiger partial charge in [-0.25, -0.2) is 9.78 Å². The molecule has 26 heavy (non-hydrogen) atoms. The lowest BCUT2D eigenvalue weighted by molar-refractivity contribution is 0.0692. The first kappa shape index (κ1) is 16.2. The normalized spacial score (nSPS) is 15.8. The molecule has 0 atom stereocenters. The molecule has 0 spiro atoms. The molecule has 2 aromatic rings. The number of nitrogens with zero attached hydrogens (tertiary/aromatic N) is 3. The SMILES string of the molecule is O=C(O)c1cccnc1N1CCN(C(=O)c2ccc3c(c2)OCO3)CC1. The van der Waals surface area contributed by atoms with Crippen molar-refractivity contribution in [1.82, 2.24) is 9.88 Å². The van der Waals surface area contributed by atoms with Crippen molar-refractivity contribution in [2.24, 2.45) is 0 Å². The molecule has 4 rings (SSSR count). The maximum absolute atomic E-state index is 12.7. The fourth-order valence-corrected chi connectivity index (χ4v) is 3.15. The Balaban J connectivity index is 1.45. The number of hydrogen-bond acceptors (Lipinski definition) is 6. The molecule has 2 aliphatic rings. The van der Waals surface area contributed by atoms with Gasteiger partial charge >= 0.3 is 5.97 Å². The summed E-state index contributed by atoms with van der Waals surface area (Å²) < 4.78 is 10.6. The third-order valence-electron chi connectivity index (χ3n) is 4.50. The van der Waals surface area contributed by atoms with Crippen molar-refractivity contribution in [3.8, 4) is 11.5 Å². The maximum atomic E-state index is 12.7. The minimum absolute atomic E-state index is 0.0811. The van der Waals surface area contributed by atoms with E-state index in [0.29, 0.717) is 49.1 Å². The van der Waals surface area contributed by atoms with Gasteiger partial charge in [0.2, 0.25) is 6.79 Å². The first-order chi connectivity index (χ1) is 12.6. The van der Waals surface area contributed by atoms with Crippen LogP contribution in [0.5, 0.6) is 11.5 Å². The lowest BCUT2D eigenvalue weighted by atomic mass is 10.1. The summed E-state index contributed by atoms with van der Waals surface area (Å²) in [6, 6.07) is 8.29. The average Bonchev–Trinajstić information content (AvgIpc) is 3.15. The number of carboxylic acids is 1. The van der Waals surface area contributed by atoms with Gasteiger partial charge in [-0.05, 0) is 30.3 Å². The molecule has 1 aromatic heterocycles. The second-order valence-corrected chi connectivity index (χ2v) is 6.03. The molecular weight excluding hydrogens is 338 g/mol. The van der Waals surface area contributed by atoms with E-state index < -0.39 is 5.97 Å². The maximum Gasteiger partial charge on any atom is 0.339 e. The summed E-state index contributed by atoms with van der Waals surface area (Å²) in [6.45, 7) is 2.19. The molecule has 1 amide bonds. The van der Waals surface area contributed by atoms with Gasteiger partial charge in [0, 0.05) is 37.9 Å². The first-order valence-electron chi connectivity index (χ1n) is 8.25. The zero-order valence-corrected chi connectivity index (χ0v) is 13.9. The Morgan fingerprint density at radius 2 is 1.81 bits per heavy atom. The number of rotatable bonds is 3. The van der Waals surface area contributed by atoms with Gasteiger partial charge in [-0.2, -0.15) is 0 Å². The molecule has 1 fully saturated rings. The van der Waals surface area contributed by atoms with E-state index in [2.05, 4.69) is 4.98 Å². The van der Waals surface area contributed by atoms with E-state index in [4.69, 9.17) is 9.47 Å². The van der Waals surface area contributed by atoms with Gasteiger partial charge < -0.3 is 24.4 Å². The molecule has 134 valence electrons. The third kappa shape index (κ3) is 2.90. The smallest absolute Gasteiger partial charge is 0.339 e. The van der Waals surface area contributed by atoms with Crippen LogP contribution >= 0.6 is 0 Å². The largest absolute Gasteiger partial charge is 0.478 e. The quantitative estimate of drug-likeness (QED) is 0.891. The van der Waals surface area contributed by atoms with Gasteiger partial charge in [-0.1, -0.05) is 0 Å². The Morgan fingerprint density at radius 3 is 2.58 bits per heavy atom. The minimum Gasteiger partial charge on any atom is -0.478 e. The van der Waals surface area contributed by atoms with Crippen LogP contribution in [0, 0.1) is 0 Å². The van der Waals surface area contributed by atoms with Crippen molar-refractivity contribution in [1.29, 1.82) is 0 Å². The Kier molecular flexibility index (Phi) is 4.08. The highest BCUT2D eigenvalue weighted by Gasteiger charge is 2.26. The molecule has 1 aromatic carbocycles. The lowest BCUT2D eigenvalue weighted by Crippen LogP contribution is -2.49. The summed E-state index contributed by atoms with van der Waals surface area (Å²) in [5, 5.41) is 9.31. The predicted octanol–water partition coefficient (Wildman–Crippen LogP) is 1.47. The number of benzene rings is 1. The summed E-state index contributed by atoms with van der Waals surface area (Å²) in [4.78, 5) is 31.9. The Hall–Kier alpha value is -3.29. The molecule has 0 radical (unpaired) electrons. The van der Waals surface area contributed by atoms with Gasteiger partial charge in [0.05, 0.1) is 0 Å². The highest BCUT2D eigenvalue weighted by Crippen LogP contribution is 2.33. The van der Waals surface area contributed by atoms with Gasteiger partial charge in [0.1, 0.15) is 11.4 Å². The Morgan fingerprint density at radius 1 is 1.04 bits per heavy atom. The molecule has 0 bridgehead atoms. The summed E-state index contributed by atoms with van der Waals surface area (Å²) in [5.74, 6) is 0.571. The van der Waals surface area contributed by atoms with Crippen LogP contribution in [0.4, 0.5) is 5.82 Å². The second kappa shape index (κ2) is 6.55. The molecule has 1 saturated heterocycles. The number of carbonyl (C=O) groups excluding carboxylic acids is 1. The van der Waals surface area contributed by atoms with E-state index in [9.17, 15) is 14.7 Å². The van der Waals surface area contributed by atoms with Crippen molar-refractivity contribution in [3.05, 3.63) is 47.7 Å². The van der Waals surface area contributed by atoms with Crippen LogP contribution in [0.15, 0.2) is 36.5 Å². The van der Waals surface area contributed by atoms with Crippen LogP contribution in [-0.2, 0) is 0 Å². The van der Waals surface area contributed by atoms with E-state index in [0.717, 1.165) is 0 Å². The van der Waals surface area contributed by atoms with E-state index in [-0.39, 0.29) is 18.3 Å². The zero-order chi connectivity index (χ0) is 18.1. The van der Waals surface area contributed by atoms with Crippen molar-refractivity contribution in [2.75, 3.05) is 37.9 Å². The van der Waals surface area contributed by atoms with Gasteiger partial charge in [0.25, 0.3) is 5.91 Å². The summed E-state index contributed by atoms with van der Waals surface area (Å²) in [7, 11) is 0. The van der Waals surface area contributed by atoms with Crippen LogP contribution in [0.1, 0.15) is 20.7 Å². The number of piperazine rings is 1. The number of anilines is 1. The molecule has 3 heterocycles. The molecule has 8 heteroatoms. The predicted molar refractivity (Wildman–Crippen MR) is 91.9 cm³/mol. The molecule has 8 nitrogen and oxygen atoms in total. The number of carboxylic acid groups (broad SMARTS) is 1. The second-order valence-electron chi connectivity index (χ2n) is 6.03. The third-order valence-corrected chi connectivity index (χ3v) is 4.50. The van der Waals surface area contributed by atoms with Crippen LogP contribution in [-0.4, -0.2) is 59.8 Å². The Labute approximate surface area is 149 Å². The van der Waals surface area contributed by atoms with Gasteiger partial charge in [-0.3, -0.25) is 4.79 Å². The van der Waals surface area contributed by atoms with E-state index >= 15 is 0 Å². The summed E-state index contributed by atoms with van der Waals surface area (Å²) in [5.41, 5.74) is 0.717. The number of amides is 1. The number of carbonyl (C=O) groups is 2. The zero-order valence-electron chi connectivity index (χ0n) is 13.9. The van der Waals surface area contributed by atoms with Crippen molar-refractivity contribution >= 4 is 17.7 Å². The van der Waals surface area contributed by atoms with E-state index in [1.165, 1.54) is 6.07 Å². The van der Waals surface area contributed by atoms with Crippen LogP contribution in [0.3, 0.4) is 0 Å². The van der Waals surface area contributed by atoms with Crippen molar-refractivity contribution in [2.45, 2.75) is 0 Å². The fourth-order valence-electron chi connectivity index (χ4n) is 3.15. The van der Waals surface area contributed by atoms with Gasteiger partial charge in [0.15, 0.2) is 11.5 Å². The lowest BCUT2D eigenvalue weighted by Gasteiger charge is -2.35. The average molecular weight is 355 g/mol.